The molecule has 9 heteroatoms. The van der Waals surface area contributed by atoms with Crippen LogP contribution in [0.15, 0.2) is 41.1 Å². The van der Waals surface area contributed by atoms with E-state index in [0.29, 0.717) is 38.0 Å². The second kappa shape index (κ2) is 8.74. The van der Waals surface area contributed by atoms with Crippen LogP contribution in [0.1, 0.15) is 56.8 Å². The Labute approximate surface area is 193 Å². The summed E-state index contributed by atoms with van der Waals surface area (Å²) in [7, 11) is 0. The molecule has 0 unspecified atom stereocenters. The number of carbonyl (C=O) groups excluding carboxylic acids is 1. The summed E-state index contributed by atoms with van der Waals surface area (Å²) in [6.07, 6.45) is 2.12. The molecule has 0 spiro atoms. The highest BCUT2D eigenvalue weighted by Crippen LogP contribution is 2.54. The van der Waals surface area contributed by atoms with Crippen LogP contribution in [0.3, 0.4) is 0 Å². The van der Waals surface area contributed by atoms with Gasteiger partial charge in [0.2, 0.25) is 11.7 Å². The van der Waals surface area contributed by atoms with E-state index >= 15 is 0 Å². The largest absolute Gasteiger partial charge is 0.451 e. The fourth-order valence-electron chi connectivity index (χ4n) is 4.70. The topological polar surface area (TPSA) is 55.3 Å². The number of aromatic nitrogens is 2. The van der Waals surface area contributed by atoms with Crippen molar-refractivity contribution in [2.45, 2.75) is 57.2 Å². The van der Waals surface area contributed by atoms with Gasteiger partial charge in [-0.25, -0.2) is 9.97 Å². The zero-order valence-electron chi connectivity index (χ0n) is 17.8. The van der Waals surface area contributed by atoms with Crippen molar-refractivity contribution in [1.29, 1.82) is 0 Å². The molecule has 3 aliphatic rings. The lowest BCUT2D eigenvalue weighted by Crippen LogP contribution is -2.54. The maximum absolute atomic E-state index is 13.0. The first-order valence-electron chi connectivity index (χ1n) is 10.8. The second-order valence-corrected chi connectivity index (χ2v) is 9.70. The maximum Gasteiger partial charge on any atom is 0.451 e. The summed E-state index contributed by atoms with van der Waals surface area (Å²) in [4.78, 5) is 21.9. The van der Waals surface area contributed by atoms with Gasteiger partial charge in [0.05, 0.1) is 12.2 Å². The number of rotatable bonds is 6. The van der Waals surface area contributed by atoms with Crippen molar-refractivity contribution in [2.75, 3.05) is 18.1 Å². The Balaban J connectivity index is 1.52. The van der Waals surface area contributed by atoms with Crippen LogP contribution >= 0.6 is 15.9 Å². The predicted octanol–water partition coefficient (Wildman–Crippen LogP) is 5.88. The summed E-state index contributed by atoms with van der Waals surface area (Å²) in [5.41, 5.74) is 0.607. The fourth-order valence-corrected chi connectivity index (χ4v) is 5.09. The molecule has 2 aliphatic heterocycles. The number of carbonyl (C=O) groups is 1. The van der Waals surface area contributed by atoms with Gasteiger partial charge in [-0.15, -0.1) is 0 Å². The molecule has 0 N–H and O–H groups in total. The minimum atomic E-state index is -4.56. The van der Waals surface area contributed by atoms with Crippen LogP contribution in [-0.2, 0) is 21.3 Å². The summed E-state index contributed by atoms with van der Waals surface area (Å²) in [6.45, 7) is 2.99. The van der Waals surface area contributed by atoms with Crippen LogP contribution in [0.25, 0.3) is 0 Å². The van der Waals surface area contributed by atoms with Crippen LogP contribution in [0.5, 0.6) is 0 Å². The molecule has 0 atom stereocenters. The van der Waals surface area contributed by atoms with Crippen LogP contribution in [0, 0.1) is 5.41 Å². The van der Waals surface area contributed by atoms with Crippen molar-refractivity contribution in [3.63, 3.8) is 0 Å². The molecule has 1 aliphatic carbocycles. The summed E-state index contributed by atoms with van der Waals surface area (Å²) in [5, 5.41) is 0. The number of nitrogens with zero attached hydrogens (tertiary/aromatic N) is 3. The zero-order chi connectivity index (χ0) is 23.0. The lowest BCUT2D eigenvalue weighted by molar-refractivity contribution is -0.187. The third kappa shape index (κ3) is 4.55. The second-order valence-electron chi connectivity index (χ2n) is 8.79. The third-order valence-electron chi connectivity index (χ3n) is 6.58. The minimum Gasteiger partial charge on any atom is -0.370 e. The molecule has 1 aromatic heterocycles. The van der Waals surface area contributed by atoms with E-state index in [1.54, 1.807) is 0 Å². The Morgan fingerprint density at radius 2 is 1.88 bits per heavy atom. The summed E-state index contributed by atoms with van der Waals surface area (Å²) in [5.74, 6) is -1.06. The molecule has 2 saturated heterocycles. The molecule has 3 heterocycles. The van der Waals surface area contributed by atoms with Gasteiger partial charge >= 0.3 is 6.18 Å². The summed E-state index contributed by atoms with van der Waals surface area (Å²) < 4.78 is 45.6. The third-order valence-corrected chi connectivity index (χ3v) is 7.08. The maximum atomic E-state index is 13.0. The van der Waals surface area contributed by atoms with E-state index in [-0.39, 0.29) is 11.3 Å². The van der Waals surface area contributed by atoms with Gasteiger partial charge in [0.15, 0.2) is 0 Å². The van der Waals surface area contributed by atoms with E-state index in [0.717, 1.165) is 29.4 Å². The lowest BCUT2D eigenvalue weighted by Gasteiger charge is -2.54. The van der Waals surface area contributed by atoms with E-state index < -0.39 is 17.6 Å². The van der Waals surface area contributed by atoms with E-state index in [1.807, 2.05) is 36.1 Å². The molecule has 5 rings (SSSR count). The first-order chi connectivity index (χ1) is 15.2. The molecule has 2 aromatic rings. The minimum absolute atomic E-state index is 0.0820. The number of ether oxygens (including phenoxy) is 1. The highest BCUT2D eigenvalue weighted by atomic mass is 79.9. The molecule has 5 nitrogen and oxygen atoms in total. The van der Waals surface area contributed by atoms with E-state index in [9.17, 15) is 18.0 Å². The van der Waals surface area contributed by atoms with Crippen molar-refractivity contribution < 1.29 is 22.7 Å². The van der Waals surface area contributed by atoms with E-state index in [2.05, 4.69) is 25.9 Å². The summed E-state index contributed by atoms with van der Waals surface area (Å²) in [6, 6.07) is 7.72. The smallest absolute Gasteiger partial charge is 0.370 e. The predicted molar refractivity (Wildman–Crippen MR) is 117 cm³/mol. The number of halogens is 4. The van der Waals surface area contributed by atoms with Crippen molar-refractivity contribution in [3.8, 4) is 0 Å². The molecule has 32 heavy (non-hydrogen) atoms. The van der Waals surface area contributed by atoms with Gasteiger partial charge in [-0.05, 0) is 50.3 Å². The van der Waals surface area contributed by atoms with Gasteiger partial charge in [0.1, 0.15) is 0 Å². The number of amides is 1. The average molecular weight is 512 g/mol. The molecule has 1 saturated carbocycles. The number of benzene rings is 1. The highest BCUT2D eigenvalue weighted by Gasteiger charge is 2.52. The molecule has 0 radical (unpaired) electrons. The molecule has 2 bridgehead atoms. The van der Waals surface area contributed by atoms with E-state index in [1.165, 1.54) is 12.4 Å². The van der Waals surface area contributed by atoms with Gasteiger partial charge in [-0.3, -0.25) is 4.79 Å². The van der Waals surface area contributed by atoms with Crippen LogP contribution in [-0.4, -0.2) is 29.0 Å². The number of hydrogen-bond acceptors (Lipinski definition) is 4. The number of fused-ring (bicyclic) bond motifs is 3. The standard InChI is InChI=1S/C23H25BrF3N3O2/c1-2-4-19(31)30(18-6-3-5-17(24)11-18)14-21-7-9-22(10-8-21,32-15-21)16-12-28-20(29-13-16)23(25,26)27/h3,5-6,11-13H,2,4,7-10,14-15H2,1H3. The Bertz CT molecular complexity index is 957. The van der Waals surface area contributed by atoms with Gasteiger partial charge in [0.25, 0.3) is 0 Å². The first-order valence-corrected chi connectivity index (χ1v) is 11.6. The average Bonchev–Trinajstić information content (AvgIpc) is 2.78. The van der Waals surface area contributed by atoms with Gasteiger partial charge in [-0.1, -0.05) is 28.9 Å². The Morgan fingerprint density at radius 3 is 2.41 bits per heavy atom. The fraction of sp³-hybridized carbons (Fsp3) is 0.522. The van der Waals surface area contributed by atoms with Crippen molar-refractivity contribution in [3.05, 3.63) is 52.5 Å². The van der Waals surface area contributed by atoms with Gasteiger partial charge in [0, 0.05) is 46.5 Å². The lowest BCUT2D eigenvalue weighted by atomic mass is 9.64. The van der Waals surface area contributed by atoms with Gasteiger partial charge in [-0.2, -0.15) is 13.2 Å². The number of alkyl halides is 3. The molecule has 1 aromatic carbocycles. The van der Waals surface area contributed by atoms with Crippen molar-refractivity contribution in [2.24, 2.45) is 5.41 Å². The van der Waals surface area contributed by atoms with Crippen molar-refractivity contribution >= 4 is 27.5 Å². The first kappa shape index (κ1) is 23.2. The quantitative estimate of drug-likeness (QED) is 0.486. The normalized spacial score (nSPS) is 25.0. The zero-order valence-corrected chi connectivity index (χ0v) is 19.4. The van der Waals surface area contributed by atoms with E-state index in [4.69, 9.17) is 4.74 Å². The van der Waals surface area contributed by atoms with Crippen LogP contribution in [0.2, 0.25) is 0 Å². The SMILES string of the molecule is CCCC(=O)N(CC12CCC(c3cnc(C(F)(F)F)nc3)(CC1)OC2)c1cccc(Br)c1. The highest BCUT2D eigenvalue weighted by molar-refractivity contribution is 9.10. The van der Waals surface area contributed by atoms with Crippen LogP contribution in [0.4, 0.5) is 18.9 Å². The Morgan fingerprint density at radius 1 is 1.19 bits per heavy atom. The molecule has 1 amide bonds. The molecular weight excluding hydrogens is 487 g/mol. The number of hydrogen-bond donors (Lipinski definition) is 0. The van der Waals surface area contributed by atoms with Crippen LogP contribution < -0.4 is 4.90 Å². The number of anilines is 1. The molecule has 172 valence electrons. The monoisotopic (exact) mass is 511 g/mol. The Kier molecular flexibility index (Phi) is 6.33. The Hall–Kier alpha value is -2.00. The van der Waals surface area contributed by atoms with Gasteiger partial charge < -0.3 is 9.64 Å². The van der Waals surface area contributed by atoms with Crippen molar-refractivity contribution in [1.82, 2.24) is 9.97 Å². The summed E-state index contributed by atoms with van der Waals surface area (Å²) >= 11 is 3.49. The molecule has 3 fully saturated rings. The molecular formula is C23H25BrF3N3O2.